The van der Waals surface area contributed by atoms with Crippen LogP contribution in [0.1, 0.15) is 11.1 Å². The van der Waals surface area contributed by atoms with Crippen molar-refractivity contribution >= 4 is 21.6 Å². The zero-order valence-corrected chi connectivity index (χ0v) is 14.8. The molecule has 134 valence electrons. The van der Waals surface area contributed by atoms with Crippen LogP contribution in [0.5, 0.6) is 0 Å². The number of aryl methyl sites for hydroxylation is 2. The number of amides is 1. The second-order valence-corrected chi connectivity index (χ2v) is 7.72. The highest BCUT2D eigenvalue weighted by atomic mass is 32.2. The molecule has 2 aromatic rings. The van der Waals surface area contributed by atoms with Crippen molar-refractivity contribution in [2.75, 3.05) is 18.9 Å². The first-order valence-corrected chi connectivity index (χ1v) is 8.84. The van der Waals surface area contributed by atoms with Gasteiger partial charge in [-0.1, -0.05) is 6.07 Å². The van der Waals surface area contributed by atoms with Crippen molar-refractivity contribution in [3.8, 4) is 0 Å². The molecule has 0 bridgehead atoms. The van der Waals surface area contributed by atoms with E-state index >= 15 is 0 Å². The summed E-state index contributed by atoms with van der Waals surface area (Å²) in [5, 5.41) is 2.23. The van der Waals surface area contributed by atoms with E-state index in [9.17, 15) is 22.0 Å². The van der Waals surface area contributed by atoms with E-state index < -0.39 is 34.1 Å². The molecule has 0 fully saturated rings. The molecule has 5 nitrogen and oxygen atoms in total. The highest BCUT2D eigenvalue weighted by Crippen LogP contribution is 2.19. The van der Waals surface area contributed by atoms with Gasteiger partial charge in [-0.15, -0.1) is 0 Å². The molecular formula is C17H18F2N2O3S. The second-order valence-electron chi connectivity index (χ2n) is 5.68. The maximum atomic E-state index is 13.5. The number of hydrogen-bond donors (Lipinski definition) is 1. The Morgan fingerprint density at radius 2 is 1.76 bits per heavy atom. The molecule has 1 N–H and O–H groups in total. The maximum Gasteiger partial charge on any atom is 0.243 e. The fourth-order valence-corrected chi connectivity index (χ4v) is 3.33. The van der Waals surface area contributed by atoms with Crippen LogP contribution >= 0.6 is 0 Å². The van der Waals surface area contributed by atoms with Crippen LogP contribution in [0.25, 0.3) is 0 Å². The Morgan fingerprint density at radius 3 is 2.36 bits per heavy atom. The zero-order valence-electron chi connectivity index (χ0n) is 14.0. The van der Waals surface area contributed by atoms with Crippen LogP contribution in [-0.2, 0) is 14.8 Å². The van der Waals surface area contributed by atoms with Crippen LogP contribution in [0.2, 0.25) is 0 Å². The van der Waals surface area contributed by atoms with Crippen molar-refractivity contribution in [3.63, 3.8) is 0 Å². The van der Waals surface area contributed by atoms with Crippen molar-refractivity contribution < 1.29 is 22.0 Å². The van der Waals surface area contributed by atoms with E-state index in [-0.39, 0.29) is 10.6 Å². The van der Waals surface area contributed by atoms with E-state index in [0.717, 1.165) is 27.6 Å². The number of benzene rings is 2. The van der Waals surface area contributed by atoms with Gasteiger partial charge in [-0.05, 0) is 49.2 Å². The van der Waals surface area contributed by atoms with E-state index in [2.05, 4.69) is 5.32 Å². The quantitative estimate of drug-likeness (QED) is 0.883. The third-order valence-electron chi connectivity index (χ3n) is 3.76. The SMILES string of the molecule is Cc1ccc(S(=O)(=O)N(C)CC(=O)Nc2ccc(F)cc2F)cc1C. The molecule has 0 heterocycles. The van der Waals surface area contributed by atoms with Gasteiger partial charge in [0.1, 0.15) is 11.6 Å². The average molecular weight is 368 g/mol. The van der Waals surface area contributed by atoms with Gasteiger partial charge in [0, 0.05) is 13.1 Å². The van der Waals surface area contributed by atoms with Crippen LogP contribution in [-0.4, -0.2) is 32.2 Å². The number of likely N-dealkylation sites (N-methyl/N-ethyl adjacent to an activating group) is 1. The molecular weight excluding hydrogens is 350 g/mol. The van der Waals surface area contributed by atoms with Gasteiger partial charge in [0.25, 0.3) is 0 Å². The molecule has 0 aliphatic heterocycles. The number of halogens is 2. The molecule has 0 aliphatic rings. The lowest BCUT2D eigenvalue weighted by molar-refractivity contribution is -0.116. The third kappa shape index (κ3) is 4.40. The normalized spacial score (nSPS) is 11.6. The lowest BCUT2D eigenvalue weighted by Gasteiger charge is -2.17. The van der Waals surface area contributed by atoms with Crippen molar-refractivity contribution in [1.29, 1.82) is 0 Å². The molecule has 2 aromatic carbocycles. The van der Waals surface area contributed by atoms with Crippen LogP contribution in [0.15, 0.2) is 41.3 Å². The van der Waals surface area contributed by atoms with Gasteiger partial charge in [-0.2, -0.15) is 4.31 Å². The van der Waals surface area contributed by atoms with E-state index in [1.807, 2.05) is 6.92 Å². The largest absolute Gasteiger partial charge is 0.322 e. The predicted molar refractivity (Wildman–Crippen MR) is 90.7 cm³/mol. The van der Waals surface area contributed by atoms with Crippen LogP contribution < -0.4 is 5.32 Å². The molecule has 0 saturated heterocycles. The summed E-state index contributed by atoms with van der Waals surface area (Å²) in [5.74, 6) is -2.45. The van der Waals surface area contributed by atoms with Gasteiger partial charge >= 0.3 is 0 Å². The Kier molecular flexibility index (Phi) is 5.54. The summed E-state index contributed by atoms with van der Waals surface area (Å²) in [5.41, 5.74) is 1.54. The smallest absolute Gasteiger partial charge is 0.243 e. The van der Waals surface area contributed by atoms with Crippen molar-refractivity contribution in [1.82, 2.24) is 4.31 Å². The fourth-order valence-electron chi connectivity index (χ4n) is 2.12. The highest BCUT2D eigenvalue weighted by molar-refractivity contribution is 7.89. The number of nitrogens with one attached hydrogen (secondary N) is 1. The number of hydrogen-bond acceptors (Lipinski definition) is 3. The Balaban J connectivity index is 2.13. The minimum atomic E-state index is -3.86. The van der Waals surface area contributed by atoms with E-state index in [1.165, 1.54) is 19.2 Å². The van der Waals surface area contributed by atoms with Crippen molar-refractivity contribution in [2.45, 2.75) is 18.7 Å². The number of sulfonamides is 1. The molecule has 1 amide bonds. The lowest BCUT2D eigenvalue weighted by atomic mass is 10.1. The van der Waals surface area contributed by atoms with Gasteiger partial charge in [0.2, 0.25) is 15.9 Å². The average Bonchev–Trinajstić information content (AvgIpc) is 2.52. The van der Waals surface area contributed by atoms with E-state index in [0.29, 0.717) is 6.07 Å². The predicted octanol–water partition coefficient (Wildman–Crippen LogP) is 2.84. The van der Waals surface area contributed by atoms with Crippen molar-refractivity contribution in [2.24, 2.45) is 0 Å². The molecule has 0 aromatic heterocycles. The van der Waals surface area contributed by atoms with Gasteiger partial charge in [-0.25, -0.2) is 17.2 Å². The Morgan fingerprint density at radius 1 is 1.08 bits per heavy atom. The minimum absolute atomic E-state index is 0.0684. The first-order valence-electron chi connectivity index (χ1n) is 7.40. The minimum Gasteiger partial charge on any atom is -0.322 e. The van der Waals surface area contributed by atoms with Gasteiger partial charge in [-0.3, -0.25) is 4.79 Å². The lowest BCUT2D eigenvalue weighted by Crippen LogP contribution is -2.35. The summed E-state index contributed by atoms with van der Waals surface area (Å²) >= 11 is 0. The fraction of sp³-hybridized carbons (Fsp3) is 0.235. The number of anilines is 1. The van der Waals surface area contributed by atoms with Crippen LogP contribution in [0.4, 0.5) is 14.5 Å². The Bertz CT molecular complexity index is 914. The molecule has 0 atom stereocenters. The first-order chi connectivity index (χ1) is 11.6. The topological polar surface area (TPSA) is 66.5 Å². The number of carbonyl (C=O) groups is 1. The summed E-state index contributed by atoms with van der Waals surface area (Å²) in [4.78, 5) is 12.0. The maximum absolute atomic E-state index is 13.5. The summed E-state index contributed by atoms with van der Waals surface area (Å²) in [6.45, 7) is 3.14. The Labute approximate surface area is 145 Å². The van der Waals surface area contributed by atoms with Gasteiger partial charge < -0.3 is 5.32 Å². The zero-order chi connectivity index (χ0) is 18.8. The summed E-state index contributed by atoms with van der Waals surface area (Å²) in [7, 11) is -2.61. The first kappa shape index (κ1) is 19.0. The van der Waals surface area contributed by atoms with E-state index in [1.54, 1.807) is 13.0 Å². The monoisotopic (exact) mass is 368 g/mol. The number of rotatable bonds is 5. The summed E-state index contributed by atoms with van der Waals surface area (Å²) in [6.07, 6.45) is 0. The summed E-state index contributed by atoms with van der Waals surface area (Å²) in [6, 6.07) is 7.37. The standard InChI is InChI=1S/C17H18F2N2O3S/c1-11-4-6-14(8-12(11)2)25(23,24)21(3)10-17(22)20-16-7-5-13(18)9-15(16)19/h4-9H,10H2,1-3H3,(H,20,22). The van der Waals surface area contributed by atoms with Crippen LogP contribution in [0.3, 0.4) is 0 Å². The Hall–Kier alpha value is -2.32. The number of nitrogens with zero attached hydrogens (tertiary/aromatic N) is 1. The molecule has 0 radical (unpaired) electrons. The molecule has 8 heteroatoms. The number of carbonyl (C=O) groups excluding carboxylic acids is 1. The molecule has 0 saturated carbocycles. The van der Waals surface area contributed by atoms with Crippen molar-refractivity contribution in [3.05, 3.63) is 59.2 Å². The molecule has 0 spiro atoms. The third-order valence-corrected chi connectivity index (χ3v) is 5.56. The summed E-state index contributed by atoms with van der Waals surface area (Å²) < 4.78 is 52.3. The molecule has 25 heavy (non-hydrogen) atoms. The van der Waals surface area contributed by atoms with Gasteiger partial charge in [0.05, 0.1) is 17.1 Å². The van der Waals surface area contributed by atoms with Crippen LogP contribution in [0, 0.1) is 25.5 Å². The molecule has 0 aliphatic carbocycles. The highest BCUT2D eigenvalue weighted by Gasteiger charge is 2.23. The second kappa shape index (κ2) is 7.28. The van der Waals surface area contributed by atoms with Gasteiger partial charge in [0.15, 0.2) is 0 Å². The van der Waals surface area contributed by atoms with E-state index in [4.69, 9.17) is 0 Å². The molecule has 0 unspecified atom stereocenters. The molecule has 2 rings (SSSR count).